The van der Waals surface area contributed by atoms with Crippen LogP contribution in [0.1, 0.15) is 17.5 Å². The molecule has 0 saturated heterocycles. The Bertz CT molecular complexity index is 464. The molecule has 1 unspecified atom stereocenters. The van der Waals surface area contributed by atoms with Crippen molar-refractivity contribution in [3.8, 4) is 0 Å². The summed E-state index contributed by atoms with van der Waals surface area (Å²) >= 11 is 1.68. The molecule has 2 aromatic rings. The van der Waals surface area contributed by atoms with E-state index in [2.05, 4.69) is 26.7 Å². The standard InChI is InChI=1S/C13H19N3OS/c1-15(2)7-8-17-12(11-4-9-18-10-11)13-14-5-6-16(13)3/h4-6,9-10,12H,7-8H2,1-3H3. The molecule has 0 saturated carbocycles. The number of likely N-dealkylation sites (N-methyl/N-ethyl adjacent to an activating group) is 1. The van der Waals surface area contributed by atoms with E-state index in [9.17, 15) is 0 Å². The van der Waals surface area contributed by atoms with Crippen molar-refractivity contribution in [1.82, 2.24) is 14.5 Å². The second-order valence-electron chi connectivity index (χ2n) is 4.51. The number of hydrogen-bond acceptors (Lipinski definition) is 4. The fraction of sp³-hybridized carbons (Fsp3) is 0.462. The second kappa shape index (κ2) is 6.13. The molecule has 1 atom stereocenters. The average Bonchev–Trinajstić information content (AvgIpc) is 2.96. The number of ether oxygens (including phenoxy) is 1. The van der Waals surface area contributed by atoms with Crippen LogP contribution in [0.25, 0.3) is 0 Å². The van der Waals surface area contributed by atoms with E-state index in [1.165, 1.54) is 5.56 Å². The van der Waals surface area contributed by atoms with E-state index in [0.29, 0.717) is 6.61 Å². The number of rotatable bonds is 6. The zero-order valence-corrected chi connectivity index (χ0v) is 11.9. The van der Waals surface area contributed by atoms with Crippen LogP contribution >= 0.6 is 11.3 Å². The molecular formula is C13H19N3OS. The Balaban J connectivity index is 2.12. The van der Waals surface area contributed by atoms with Gasteiger partial charge in [0.15, 0.2) is 0 Å². The molecule has 0 bridgehead atoms. The first-order valence-corrected chi connectivity index (χ1v) is 6.88. The molecule has 0 aliphatic carbocycles. The van der Waals surface area contributed by atoms with E-state index >= 15 is 0 Å². The minimum atomic E-state index is -0.0730. The fourth-order valence-electron chi connectivity index (χ4n) is 1.73. The van der Waals surface area contributed by atoms with Gasteiger partial charge in [-0.3, -0.25) is 0 Å². The smallest absolute Gasteiger partial charge is 0.142 e. The number of hydrogen-bond donors (Lipinski definition) is 0. The maximum atomic E-state index is 6.00. The Kier molecular flexibility index (Phi) is 4.52. The van der Waals surface area contributed by atoms with Crippen LogP contribution in [0.3, 0.4) is 0 Å². The fourth-order valence-corrected chi connectivity index (χ4v) is 2.40. The van der Waals surface area contributed by atoms with E-state index in [1.807, 2.05) is 38.1 Å². The lowest BCUT2D eigenvalue weighted by molar-refractivity contribution is 0.0621. The van der Waals surface area contributed by atoms with Gasteiger partial charge in [-0.05, 0) is 36.5 Å². The quantitative estimate of drug-likeness (QED) is 0.801. The number of aromatic nitrogens is 2. The minimum absolute atomic E-state index is 0.0730. The van der Waals surface area contributed by atoms with Gasteiger partial charge in [-0.1, -0.05) is 0 Å². The predicted octanol–water partition coefficient (Wildman–Crippen LogP) is 2.15. The lowest BCUT2D eigenvalue weighted by Crippen LogP contribution is -2.21. The van der Waals surface area contributed by atoms with Crippen molar-refractivity contribution in [1.29, 1.82) is 0 Å². The van der Waals surface area contributed by atoms with Gasteiger partial charge in [-0.2, -0.15) is 11.3 Å². The summed E-state index contributed by atoms with van der Waals surface area (Å²) in [5.74, 6) is 0.951. The molecule has 0 aromatic carbocycles. The summed E-state index contributed by atoms with van der Waals surface area (Å²) in [5.41, 5.74) is 1.17. The lowest BCUT2D eigenvalue weighted by atomic mass is 10.2. The Morgan fingerprint density at radius 1 is 1.50 bits per heavy atom. The van der Waals surface area contributed by atoms with Crippen LogP contribution in [0.15, 0.2) is 29.2 Å². The molecule has 0 aliphatic heterocycles. The van der Waals surface area contributed by atoms with Crippen molar-refractivity contribution in [2.45, 2.75) is 6.10 Å². The average molecular weight is 265 g/mol. The monoisotopic (exact) mass is 265 g/mol. The summed E-state index contributed by atoms with van der Waals surface area (Å²) in [4.78, 5) is 6.51. The molecule has 2 heterocycles. The van der Waals surface area contributed by atoms with Crippen LogP contribution in [0.4, 0.5) is 0 Å². The van der Waals surface area contributed by atoms with Crippen LogP contribution in [0.5, 0.6) is 0 Å². The first-order chi connectivity index (χ1) is 8.68. The van der Waals surface area contributed by atoms with Crippen molar-refractivity contribution in [2.24, 2.45) is 7.05 Å². The third kappa shape index (κ3) is 3.19. The van der Waals surface area contributed by atoms with Crippen LogP contribution in [-0.4, -0.2) is 41.7 Å². The third-order valence-electron chi connectivity index (χ3n) is 2.76. The number of imidazole rings is 1. The second-order valence-corrected chi connectivity index (χ2v) is 5.29. The Morgan fingerprint density at radius 2 is 2.33 bits per heavy atom. The molecule has 18 heavy (non-hydrogen) atoms. The van der Waals surface area contributed by atoms with Gasteiger partial charge >= 0.3 is 0 Å². The Labute approximate surface area is 112 Å². The van der Waals surface area contributed by atoms with E-state index in [0.717, 1.165) is 12.4 Å². The van der Waals surface area contributed by atoms with Gasteiger partial charge in [0.25, 0.3) is 0 Å². The summed E-state index contributed by atoms with van der Waals surface area (Å²) in [7, 11) is 6.09. The SMILES string of the molecule is CN(C)CCOC(c1ccsc1)c1nccn1C. The normalized spacial score (nSPS) is 13.1. The van der Waals surface area contributed by atoms with E-state index in [1.54, 1.807) is 11.3 Å². The van der Waals surface area contributed by atoms with Crippen LogP contribution < -0.4 is 0 Å². The molecule has 0 N–H and O–H groups in total. The summed E-state index contributed by atoms with van der Waals surface area (Å²) in [6.45, 7) is 1.60. The van der Waals surface area contributed by atoms with Crippen molar-refractivity contribution in [3.63, 3.8) is 0 Å². The third-order valence-corrected chi connectivity index (χ3v) is 3.46. The lowest BCUT2D eigenvalue weighted by Gasteiger charge is -2.18. The molecule has 5 heteroatoms. The molecule has 0 amide bonds. The van der Waals surface area contributed by atoms with Gasteiger partial charge < -0.3 is 14.2 Å². The van der Waals surface area contributed by atoms with Crippen molar-refractivity contribution in [2.75, 3.05) is 27.2 Å². The summed E-state index contributed by atoms with van der Waals surface area (Å²) in [6, 6.07) is 2.10. The van der Waals surface area contributed by atoms with E-state index in [-0.39, 0.29) is 6.10 Å². The largest absolute Gasteiger partial charge is 0.364 e. The highest BCUT2D eigenvalue weighted by molar-refractivity contribution is 7.07. The zero-order chi connectivity index (χ0) is 13.0. The summed E-state index contributed by atoms with van der Waals surface area (Å²) in [5, 5.41) is 4.19. The van der Waals surface area contributed by atoms with Crippen molar-refractivity contribution < 1.29 is 4.74 Å². The highest BCUT2D eigenvalue weighted by Crippen LogP contribution is 2.26. The Morgan fingerprint density at radius 3 is 2.89 bits per heavy atom. The number of thiophene rings is 1. The predicted molar refractivity (Wildman–Crippen MR) is 73.9 cm³/mol. The first-order valence-electron chi connectivity index (χ1n) is 5.94. The van der Waals surface area contributed by atoms with Crippen molar-refractivity contribution >= 4 is 11.3 Å². The molecule has 2 aromatic heterocycles. The molecule has 2 rings (SSSR count). The molecule has 98 valence electrons. The highest BCUT2D eigenvalue weighted by atomic mass is 32.1. The molecule has 0 aliphatic rings. The Hall–Kier alpha value is -1.17. The van der Waals surface area contributed by atoms with Gasteiger partial charge in [-0.25, -0.2) is 4.98 Å². The van der Waals surface area contributed by atoms with Crippen molar-refractivity contribution in [3.05, 3.63) is 40.6 Å². The molecular weight excluding hydrogens is 246 g/mol. The summed E-state index contributed by atoms with van der Waals surface area (Å²) < 4.78 is 8.02. The highest BCUT2D eigenvalue weighted by Gasteiger charge is 2.19. The maximum Gasteiger partial charge on any atom is 0.142 e. The molecule has 0 spiro atoms. The maximum absolute atomic E-state index is 6.00. The molecule has 4 nitrogen and oxygen atoms in total. The van der Waals surface area contributed by atoms with Crippen LogP contribution in [-0.2, 0) is 11.8 Å². The van der Waals surface area contributed by atoms with Crippen LogP contribution in [0.2, 0.25) is 0 Å². The number of nitrogens with zero attached hydrogens (tertiary/aromatic N) is 3. The first kappa shape index (κ1) is 13.3. The van der Waals surface area contributed by atoms with E-state index in [4.69, 9.17) is 4.74 Å². The van der Waals surface area contributed by atoms with Crippen LogP contribution in [0, 0.1) is 0 Å². The minimum Gasteiger partial charge on any atom is -0.364 e. The van der Waals surface area contributed by atoms with Gasteiger partial charge in [0.05, 0.1) is 6.61 Å². The van der Waals surface area contributed by atoms with Gasteiger partial charge in [0.1, 0.15) is 11.9 Å². The zero-order valence-electron chi connectivity index (χ0n) is 11.0. The van der Waals surface area contributed by atoms with Gasteiger partial charge in [0, 0.05) is 26.0 Å². The summed E-state index contributed by atoms with van der Waals surface area (Å²) in [6.07, 6.45) is 3.68. The van der Waals surface area contributed by atoms with Gasteiger partial charge in [-0.15, -0.1) is 0 Å². The van der Waals surface area contributed by atoms with Gasteiger partial charge in [0.2, 0.25) is 0 Å². The molecule has 0 radical (unpaired) electrons. The number of aryl methyl sites for hydroxylation is 1. The van der Waals surface area contributed by atoms with E-state index < -0.39 is 0 Å². The molecule has 0 fully saturated rings. The topological polar surface area (TPSA) is 30.3 Å².